The standard InChI is InChI=1S/C22H30N4O3S/c27-22(24-21-13-14-23-26(21)19-7-3-1-4-8-19)17-18-9-11-20(12-10-18)30(28,29)25-15-5-2-6-16-25/h9-14,19H,1-8,15-17H2,(H,24,27). The van der Waals surface area contributed by atoms with Crippen LogP contribution in [0.1, 0.15) is 63.0 Å². The zero-order valence-electron chi connectivity index (χ0n) is 17.3. The minimum atomic E-state index is -3.45. The number of nitrogens with one attached hydrogen (secondary N) is 1. The zero-order valence-corrected chi connectivity index (χ0v) is 18.1. The summed E-state index contributed by atoms with van der Waals surface area (Å²) in [5, 5.41) is 7.38. The van der Waals surface area contributed by atoms with Crippen LogP contribution < -0.4 is 5.32 Å². The Kier molecular flexibility index (Phi) is 6.53. The van der Waals surface area contributed by atoms with Gasteiger partial charge in [0.25, 0.3) is 0 Å². The Hall–Kier alpha value is -2.19. The maximum atomic E-state index is 12.8. The van der Waals surface area contributed by atoms with Crippen LogP contribution in [0.5, 0.6) is 0 Å². The molecule has 1 aromatic carbocycles. The number of benzene rings is 1. The van der Waals surface area contributed by atoms with Crippen molar-refractivity contribution in [1.82, 2.24) is 14.1 Å². The largest absolute Gasteiger partial charge is 0.311 e. The van der Waals surface area contributed by atoms with Gasteiger partial charge >= 0.3 is 0 Å². The van der Waals surface area contributed by atoms with Gasteiger partial charge in [-0.3, -0.25) is 4.79 Å². The van der Waals surface area contributed by atoms with Gasteiger partial charge in [-0.05, 0) is 43.4 Å². The van der Waals surface area contributed by atoms with Crippen LogP contribution in [0.2, 0.25) is 0 Å². The fourth-order valence-corrected chi connectivity index (χ4v) is 5.95. The molecule has 30 heavy (non-hydrogen) atoms. The van der Waals surface area contributed by atoms with Crippen LogP contribution in [0.15, 0.2) is 41.4 Å². The molecule has 0 spiro atoms. The number of nitrogens with zero attached hydrogens (tertiary/aromatic N) is 3. The number of piperidine rings is 1. The van der Waals surface area contributed by atoms with Crippen molar-refractivity contribution in [2.45, 2.75) is 68.7 Å². The van der Waals surface area contributed by atoms with E-state index in [0.717, 1.165) is 43.5 Å². The monoisotopic (exact) mass is 430 g/mol. The number of carbonyl (C=O) groups is 1. The number of aromatic nitrogens is 2. The molecule has 2 aromatic rings. The van der Waals surface area contributed by atoms with Gasteiger partial charge in [0.05, 0.1) is 23.6 Å². The van der Waals surface area contributed by atoms with E-state index in [1.54, 1.807) is 34.8 Å². The molecule has 1 amide bonds. The Labute approximate surface area is 178 Å². The molecule has 1 saturated heterocycles. The molecule has 2 heterocycles. The van der Waals surface area contributed by atoms with Crippen molar-refractivity contribution in [3.05, 3.63) is 42.1 Å². The third-order valence-corrected chi connectivity index (χ3v) is 8.01. The SMILES string of the molecule is O=C(Cc1ccc(S(=O)(=O)N2CCCCC2)cc1)Nc1ccnn1C1CCCCC1. The second-order valence-electron chi connectivity index (χ2n) is 8.29. The van der Waals surface area contributed by atoms with Crippen molar-refractivity contribution in [2.24, 2.45) is 0 Å². The highest BCUT2D eigenvalue weighted by Crippen LogP contribution is 2.30. The maximum absolute atomic E-state index is 12.8. The molecule has 1 aliphatic carbocycles. The van der Waals surface area contributed by atoms with E-state index >= 15 is 0 Å². The molecule has 1 N–H and O–H groups in total. The first kappa shape index (κ1) is 21.1. The molecule has 2 fully saturated rings. The topological polar surface area (TPSA) is 84.3 Å². The van der Waals surface area contributed by atoms with Crippen LogP contribution in [0.3, 0.4) is 0 Å². The molecule has 162 valence electrons. The summed E-state index contributed by atoms with van der Waals surface area (Å²) in [5.41, 5.74) is 0.786. The summed E-state index contributed by atoms with van der Waals surface area (Å²) in [7, 11) is -3.45. The first-order chi connectivity index (χ1) is 14.5. The van der Waals surface area contributed by atoms with E-state index in [4.69, 9.17) is 0 Å². The molecule has 0 radical (unpaired) electrons. The van der Waals surface area contributed by atoms with Gasteiger partial charge < -0.3 is 5.32 Å². The average Bonchev–Trinajstić information content (AvgIpc) is 3.23. The number of hydrogen-bond acceptors (Lipinski definition) is 4. The molecule has 7 nitrogen and oxygen atoms in total. The summed E-state index contributed by atoms with van der Waals surface area (Å²) in [6.07, 6.45) is 10.7. The normalized spacial score (nSPS) is 18.9. The fourth-order valence-electron chi connectivity index (χ4n) is 4.44. The summed E-state index contributed by atoms with van der Waals surface area (Å²) < 4.78 is 29.0. The second-order valence-corrected chi connectivity index (χ2v) is 10.2. The van der Waals surface area contributed by atoms with Gasteiger partial charge in [-0.1, -0.05) is 37.8 Å². The quantitative estimate of drug-likeness (QED) is 0.757. The van der Waals surface area contributed by atoms with Crippen molar-refractivity contribution in [2.75, 3.05) is 18.4 Å². The number of anilines is 1. The lowest BCUT2D eigenvalue weighted by molar-refractivity contribution is -0.115. The molecular weight excluding hydrogens is 400 g/mol. The van der Waals surface area contributed by atoms with Crippen molar-refractivity contribution < 1.29 is 13.2 Å². The fraction of sp³-hybridized carbons (Fsp3) is 0.545. The minimum Gasteiger partial charge on any atom is -0.311 e. The van der Waals surface area contributed by atoms with Gasteiger partial charge in [-0.25, -0.2) is 13.1 Å². The number of sulfonamides is 1. The van der Waals surface area contributed by atoms with Crippen LogP contribution in [0.25, 0.3) is 0 Å². The molecule has 1 aliphatic heterocycles. The first-order valence-corrected chi connectivity index (χ1v) is 12.4. The van der Waals surface area contributed by atoms with Gasteiger partial charge in [0, 0.05) is 19.2 Å². The van der Waals surface area contributed by atoms with E-state index in [-0.39, 0.29) is 12.3 Å². The summed E-state index contributed by atoms with van der Waals surface area (Å²) in [5.74, 6) is 0.607. The zero-order chi connectivity index (χ0) is 21.0. The molecule has 1 saturated carbocycles. The van der Waals surface area contributed by atoms with Gasteiger partial charge in [-0.2, -0.15) is 9.40 Å². The van der Waals surface area contributed by atoms with E-state index in [1.807, 2.05) is 10.7 Å². The van der Waals surface area contributed by atoms with E-state index in [1.165, 1.54) is 19.3 Å². The van der Waals surface area contributed by atoms with E-state index in [2.05, 4.69) is 10.4 Å². The molecule has 1 aromatic heterocycles. The summed E-state index contributed by atoms with van der Waals surface area (Å²) in [6, 6.07) is 8.87. The number of carbonyl (C=O) groups excluding carboxylic acids is 1. The number of amides is 1. The van der Waals surface area contributed by atoms with Gasteiger partial charge in [0.2, 0.25) is 15.9 Å². The first-order valence-electron chi connectivity index (χ1n) is 11.0. The molecule has 8 heteroatoms. The highest BCUT2D eigenvalue weighted by molar-refractivity contribution is 7.89. The van der Waals surface area contributed by atoms with E-state index in [0.29, 0.717) is 24.0 Å². The summed E-state index contributed by atoms with van der Waals surface area (Å²) in [4.78, 5) is 12.9. The molecule has 0 atom stereocenters. The van der Waals surface area contributed by atoms with Crippen LogP contribution in [-0.4, -0.2) is 41.5 Å². The lowest BCUT2D eigenvalue weighted by Crippen LogP contribution is -2.35. The molecule has 2 aliphatic rings. The Morgan fingerprint density at radius 1 is 0.967 bits per heavy atom. The number of rotatable bonds is 6. The predicted octanol–water partition coefficient (Wildman–Crippen LogP) is 3.74. The Bertz CT molecular complexity index is 957. The van der Waals surface area contributed by atoms with Crippen molar-refractivity contribution in [3.63, 3.8) is 0 Å². The van der Waals surface area contributed by atoms with Crippen molar-refractivity contribution >= 4 is 21.7 Å². The minimum absolute atomic E-state index is 0.126. The molecule has 0 unspecified atom stereocenters. The summed E-state index contributed by atoms with van der Waals surface area (Å²) in [6.45, 7) is 1.17. The number of hydrogen-bond donors (Lipinski definition) is 1. The second kappa shape index (κ2) is 9.31. The van der Waals surface area contributed by atoms with Crippen LogP contribution in [-0.2, 0) is 21.2 Å². The van der Waals surface area contributed by atoms with Crippen LogP contribution >= 0.6 is 0 Å². The van der Waals surface area contributed by atoms with Gasteiger partial charge in [0.15, 0.2) is 0 Å². The van der Waals surface area contributed by atoms with Gasteiger partial charge in [0.1, 0.15) is 5.82 Å². The summed E-state index contributed by atoms with van der Waals surface area (Å²) >= 11 is 0. The maximum Gasteiger partial charge on any atom is 0.243 e. The molecule has 4 rings (SSSR count). The smallest absolute Gasteiger partial charge is 0.243 e. The van der Waals surface area contributed by atoms with E-state index in [9.17, 15) is 13.2 Å². The molecular formula is C22H30N4O3S. The average molecular weight is 431 g/mol. The van der Waals surface area contributed by atoms with Crippen LogP contribution in [0, 0.1) is 0 Å². The van der Waals surface area contributed by atoms with Crippen molar-refractivity contribution in [1.29, 1.82) is 0 Å². The lowest BCUT2D eigenvalue weighted by Gasteiger charge is -2.25. The molecule has 0 bridgehead atoms. The third-order valence-electron chi connectivity index (χ3n) is 6.10. The van der Waals surface area contributed by atoms with Gasteiger partial charge in [-0.15, -0.1) is 0 Å². The highest BCUT2D eigenvalue weighted by atomic mass is 32.2. The Balaban J connectivity index is 1.38. The Morgan fingerprint density at radius 2 is 1.63 bits per heavy atom. The van der Waals surface area contributed by atoms with E-state index < -0.39 is 10.0 Å². The lowest BCUT2D eigenvalue weighted by atomic mass is 9.96. The van der Waals surface area contributed by atoms with Crippen molar-refractivity contribution in [3.8, 4) is 0 Å². The Morgan fingerprint density at radius 3 is 2.33 bits per heavy atom. The third kappa shape index (κ3) is 4.75. The van der Waals surface area contributed by atoms with Crippen LogP contribution in [0.4, 0.5) is 5.82 Å². The predicted molar refractivity (Wildman–Crippen MR) is 116 cm³/mol. The highest BCUT2D eigenvalue weighted by Gasteiger charge is 2.26.